The van der Waals surface area contributed by atoms with E-state index in [4.69, 9.17) is 4.74 Å². The molecule has 4 nitrogen and oxygen atoms in total. The van der Waals surface area contributed by atoms with Crippen molar-refractivity contribution < 1.29 is 14.6 Å². The van der Waals surface area contributed by atoms with Gasteiger partial charge in [0.2, 0.25) is 5.91 Å². The lowest BCUT2D eigenvalue weighted by molar-refractivity contribution is -0.128. The monoisotopic (exact) mass is 295 g/mol. The van der Waals surface area contributed by atoms with Crippen molar-refractivity contribution in [1.82, 2.24) is 4.90 Å². The Bertz CT molecular complexity index is 348. The van der Waals surface area contributed by atoms with Crippen LogP contribution < -0.4 is 0 Å². The lowest BCUT2D eigenvalue weighted by atomic mass is 9.89. The molecule has 0 aromatic heterocycles. The molecule has 3 atom stereocenters. The van der Waals surface area contributed by atoms with Gasteiger partial charge in [-0.2, -0.15) is 0 Å². The molecule has 3 fully saturated rings. The van der Waals surface area contributed by atoms with Gasteiger partial charge in [0, 0.05) is 32.0 Å². The molecule has 3 rings (SSSR count). The van der Waals surface area contributed by atoms with Gasteiger partial charge < -0.3 is 14.7 Å². The Kier molecular flexibility index (Phi) is 5.17. The first-order chi connectivity index (χ1) is 10.2. The smallest absolute Gasteiger partial charge is 0.223 e. The third kappa shape index (κ3) is 3.78. The Balaban J connectivity index is 1.51. The zero-order valence-electron chi connectivity index (χ0n) is 13.0. The number of hydrogen-bond donors (Lipinski definition) is 1. The van der Waals surface area contributed by atoms with Crippen LogP contribution in [-0.2, 0) is 9.53 Å². The normalized spacial score (nSPS) is 33.4. The number of nitrogens with zero attached hydrogens (tertiary/aromatic N) is 1. The zero-order valence-corrected chi connectivity index (χ0v) is 13.0. The van der Waals surface area contributed by atoms with Crippen molar-refractivity contribution >= 4 is 5.91 Å². The minimum Gasteiger partial charge on any atom is -0.390 e. The van der Waals surface area contributed by atoms with Crippen LogP contribution in [0.25, 0.3) is 0 Å². The fraction of sp³-hybridized carbons (Fsp3) is 0.941. The fourth-order valence-corrected chi connectivity index (χ4v) is 4.23. The highest BCUT2D eigenvalue weighted by atomic mass is 16.5. The molecule has 0 aromatic carbocycles. The van der Waals surface area contributed by atoms with Crippen molar-refractivity contribution in [2.45, 2.75) is 70.0 Å². The van der Waals surface area contributed by atoms with Crippen molar-refractivity contribution in [3.8, 4) is 0 Å². The molecule has 0 bridgehead atoms. The second kappa shape index (κ2) is 7.10. The molecule has 2 aliphatic heterocycles. The van der Waals surface area contributed by atoms with Crippen LogP contribution in [0.15, 0.2) is 0 Å². The van der Waals surface area contributed by atoms with Crippen LogP contribution in [0.2, 0.25) is 0 Å². The molecule has 3 aliphatic rings. The van der Waals surface area contributed by atoms with Crippen molar-refractivity contribution in [3.05, 3.63) is 0 Å². The maximum absolute atomic E-state index is 12.2. The predicted molar refractivity (Wildman–Crippen MR) is 80.9 cm³/mol. The summed E-state index contributed by atoms with van der Waals surface area (Å²) in [6, 6.07) is 0. The molecule has 21 heavy (non-hydrogen) atoms. The summed E-state index contributed by atoms with van der Waals surface area (Å²) in [5.74, 6) is 0.995. The van der Waals surface area contributed by atoms with Gasteiger partial charge in [-0.15, -0.1) is 0 Å². The molecule has 0 aromatic rings. The molecule has 1 amide bonds. The summed E-state index contributed by atoms with van der Waals surface area (Å²) in [5, 5.41) is 10.5. The third-order valence-corrected chi connectivity index (χ3v) is 5.53. The number of aliphatic hydroxyl groups is 1. The van der Waals surface area contributed by atoms with E-state index in [1.807, 2.05) is 4.90 Å². The van der Waals surface area contributed by atoms with Crippen molar-refractivity contribution in [2.24, 2.45) is 11.8 Å². The summed E-state index contributed by atoms with van der Waals surface area (Å²) < 4.78 is 5.69. The summed E-state index contributed by atoms with van der Waals surface area (Å²) in [6.07, 6.45) is 9.67. The molecule has 3 unspecified atom stereocenters. The first-order valence-corrected chi connectivity index (χ1v) is 8.81. The number of carbonyl (C=O) groups is 1. The van der Waals surface area contributed by atoms with E-state index in [1.54, 1.807) is 0 Å². The number of ether oxygens (including phenoxy) is 1. The van der Waals surface area contributed by atoms with E-state index in [0.717, 1.165) is 39.0 Å². The van der Waals surface area contributed by atoms with Crippen LogP contribution in [0.5, 0.6) is 0 Å². The number of hydrogen-bond acceptors (Lipinski definition) is 3. The quantitative estimate of drug-likeness (QED) is 0.866. The molecule has 1 saturated carbocycles. The molecule has 0 spiro atoms. The zero-order chi connectivity index (χ0) is 14.7. The Morgan fingerprint density at radius 3 is 2.62 bits per heavy atom. The van der Waals surface area contributed by atoms with Gasteiger partial charge in [0.1, 0.15) is 0 Å². The van der Waals surface area contributed by atoms with E-state index in [1.165, 1.54) is 32.1 Å². The van der Waals surface area contributed by atoms with Gasteiger partial charge in [0.25, 0.3) is 0 Å². The minimum absolute atomic E-state index is 0.0498. The Morgan fingerprint density at radius 2 is 1.90 bits per heavy atom. The Labute approximate surface area is 127 Å². The highest BCUT2D eigenvalue weighted by molar-refractivity contribution is 5.78. The van der Waals surface area contributed by atoms with Gasteiger partial charge in [-0.1, -0.05) is 19.3 Å². The predicted octanol–water partition coefficient (Wildman–Crippen LogP) is 2.35. The number of likely N-dealkylation sites (tertiary alicyclic amines) is 1. The second-order valence-electron chi connectivity index (χ2n) is 7.16. The van der Waals surface area contributed by atoms with Crippen LogP contribution in [0.4, 0.5) is 0 Å². The van der Waals surface area contributed by atoms with Gasteiger partial charge in [0.05, 0.1) is 12.2 Å². The summed E-state index contributed by atoms with van der Waals surface area (Å²) >= 11 is 0. The van der Waals surface area contributed by atoms with Gasteiger partial charge >= 0.3 is 0 Å². The standard InChI is InChI=1S/C17H29NO3/c19-16-10-14(17(20)15-8-4-5-9-21-15)12-18(16)11-13-6-2-1-3-7-13/h13-15,17,20H,1-12H2. The Morgan fingerprint density at radius 1 is 1.14 bits per heavy atom. The van der Waals surface area contributed by atoms with E-state index < -0.39 is 6.10 Å². The molecule has 1 N–H and O–H groups in total. The highest BCUT2D eigenvalue weighted by Gasteiger charge is 2.39. The van der Waals surface area contributed by atoms with E-state index in [9.17, 15) is 9.90 Å². The minimum atomic E-state index is -0.467. The largest absolute Gasteiger partial charge is 0.390 e. The lowest BCUT2D eigenvalue weighted by Crippen LogP contribution is -2.39. The summed E-state index contributed by atoms with van der Waals surface area (Å²) in [7, 11) is 0. The summed E-state index contributed by atoms with van der Waals surface area (Å²) in [4.78, 5) is 14.2. The first kappa shape index (κ1) is 15.3. The molecule has 0 radical (unpaired) electrons. The average molecular weight is 295 g/mol. The Hall–Kier alpha value is -0.610. The number of amides is 1. The molecular formula is C17H29NO3. The van der Waals surface area contributed by atoms with Crippen LogP contribution in [-0.4, -0.2) is 47.8 Å². The summed E-state index contributed by atoms with van der Waals surface area (Å²) in [6.45, 7) is 2.40. The van der Waals surface area contributed by atoms with E-state index in [2.05, 4.69) is 0 Å². The van der Waals surface area contributed by atoms with Crippen LogP contribution in [0.1, 0.15) is 57.8 Å². The van der Waals surface area contributed by atoms with Crippen molar-refractivity contribution in [2.75, 3.05) is 19.7 Å². The van der Waals surface area contributed by atoms with Gasteiger partial charge in [-0.3, -0.25) is 4.79 Å². The molecule has 120 valence electrons. The number of carbonyl (C=O) groups excluding carboxylic acids is 1. The molecule has 2 saturated heterocycles. The van der Waals surface area contributed by atoms with Crippen molar-refractivity contribution in [1.29, 1.82) is 0 Å². The fourth-order valence-electron chi connectivity index (χ4n) is 4.23. The second-order valence-corrected chi connectivity index (χ2v) is 7.16. The van der Waals surface area contributed by atoms with Crippen LogP contribution in [0, 0.1) is 11.8 Å². The maximum Gasteiger partial charge on any atom is 0.223 e. The van der Waals surface area contributed by atoms with Gasteiger partial charge in [-0.25, -0.2) is 0 Å². The van der Waals surface area contributed by atoms with Gasteiger partial charge in [0.15, 0.2) is 0 Å². The highest BCUT2D eigenvalue weighted by Crippen LogP contribution is 2.30. The van der Waals surface area contributed by atoms with Crippen LogP contribution >= 0.6 is 0 Å². The molecule has 1 aliphatic carbocycles. The molecule has 4 heteroatoms. The SMILES string of the molecule is O=C1CC(C(O)C2CCCCO2)CN1CC1CCCCC1. The lowest BCUT2D eigenvalue weighted by Gasteiger charge is -2.31. The average Bonchev–Trinajstić information content (AvgIpc) is 2.89. The number of rotatable bonds is 4. The maximum atomic E-state index is 12.2. The van der Waals surface area contributed by atoms with E-state index >= 15 is 0 Å². The van der Waals surface area contributed by atoms with E-state index in [0.29, 0.717) is 12.3 Å². The number of aliphatic hydroxyl groups excluding tert-OH is 1. The summed E-state index contributed by atoms with van der Waals surface area (Å²) in [5.41, 5.74) is 0. The van der Waals surface area contributed by atoms with Crippen LogP contribution in [0.3, 0.4) is 0 Å². The molecular weight excluding hydrogens is 266 g/mol. The topological polar surface area (TPSA) is 49.8 Å². The van der Waals surface area contributed by atoms with Gasteiger partial charge in [-0.05, 0) is 38.0 Å². The van der Waals surface area contributed by atoms with E-state index in [-0.39, 0.29) is 17.9 Å². The third-order valence-electron chi connectivity index (χ3n) is 5.53. The molecule has 2 heterocycles. The van der Waals surface area contributed by atoms with Crippen molar-refractivity contribution in [3.63, 3.8) is 0 Å². The first-order valence-electron chi connectivity index (χ1n) is 8.81.